The highest BCUT2D eigenvalue weighted by molar-refractivity contribution is 5.43. The van der Waals surface area contributed by atoms with Crippen LogP contribution < -0.4 is 11.1 Å². The Labute approximate surface area is 102 Å². The first-order valence-corrected chi connectivity index (χ1v) is 5.82. The van der Waals surface area contributed by atoms with E-state index in [0.717, 1.165) is 24.3 Å². The van der Waals surface area contributed by atoms with E-state index >= 15 is 0 Å². The van der Waals surface area contributed by atoms with Crippen molar-refractivity contribution in [3.8, 4) is 0 Å². The Hall–Kier alpha value is -1.87. The molecule has 1 aromatic carbocycles. The van der Waals surface area contributed by atoms with Crippen LogP contribution in [0.4, 0.5) is 5.82 Å². The van der Waals surface area contributed by atoms with Crippen LogP contribution >= 0.6 is 0 Å². The Balaban J connectivity index is 1.90. The van der Waals surface area contributed by atoms with Crippen LogP contribution in [0.5, 0.6) is 0 Å². The molecule has 0 unspecified atom stereocenters. The summed E-state index contributed by atoms with van der Waals surface area (Å²) in [5.74, 6) is 0.894. The molecule has 3 nitrogen and oxygen atoms in total. The molecule has 0 fully saturated rings. The van der Waals surface area contributed by atoms with Crippen molar-refractivity contribution in [2.24, 2.45) is 5.73 Å². The molecule has 0 amide bonds. The predicted octanol–water partition coefficient (Wildman–Crippen LogP) is 2.19. The van der Waals surface area contributed by atoms with E-state index in [4.69, 9.17) is 5.73 Å². The van der Waals surface area contributed by atoms with Gasteiger partial charge in [0.1, 0.15) is 5.82 Å². The number of nitrogens with two attached hydrogens (primary N) is 1. The maximum absolute atomic E-state index is 5.65. The third kappa shape index (κ3) is 3.29. The van der Waals surface area contributed by atoms with Crippen molar-refractivity contribution in [1.29, 1.82) is 0 Å². The zero-order valence-corrected chi connectivity index (χ0v) is 9.76. The van der Waals surface area contributed by atoms with E-state index < -0.39 is 0 Å². The molecule has 0 aliphatic carbocycles. The van der Waals surface area contributed by atoms with Crippen LogP contribution in [0.1, 0.15) is 11.1 Å². The highest BCUT2D eigenvalue weighted by Crippen LogP contribution is 2.10. The molecule has 0 bridgehead atoms. The van der Waals surface area contributed by atoms with Gasteiger partial charge in [-0.05, 0) is 18.1 Å². The summed E-state index contributed by atoms with van der Waals surface area (Å²) in [5, 5.41) is 3.32. The van der Waals surface area contributed by atoms with Crippen LogP contribution in [0.15, 0.2) is 48.7 Å². The van der Waals surface area contributed by atoms with Crippen LogP contribution in [0, 0.1) is 0 Å². The minimum atomic E-state index is 0.515. The molecule has 0 spiro atoms. The number of rotatable bonds is 5. The average molecular weight is 227 g/mol. The minimum Gasteiger partial charge on any atom is -0.369 e. The van der Waals surface area contributed by atoms with E-state index in [-0.39, 0.29) is 0 Å². The van der Waals surface area contributed by atoms with Crippen molar-refractivity contribution in [2.75, 3.05) is 11.9 Å². The highest BCUT2D eigenvalue weighted by Gasteiger charge is 2.00. The lowest BCUT2D eigenvalue weighted by Gasteiger charge is -2.09. The van der Waals surface area contributed by atoms with Crippen molar-refractivity contribution in [3.63, 3.8) is 0 Å². The van der Waals surface area contributed by atoms with E-state index in [1.54, 1.807) is 6.20 Å². The summed E-state index contributed by atoms with van der Waals surface area (Å²) < 4.78 is 0. The van der Waals surface area contributed by atoms with Gasteiger partial charge >= 0.3 is 0 Å². The normalized spacial score (nSPS) is 10.2. The highest BCUT2D eigenvalue weighted by atomic mass is 15.0. The molecule has 3 N–H and O–H groups in total. The summed E-state index contributed by atoms with van der Waals surface area (Å²) in [4.78, 5) is 4.29. The lowest BCUT2D eigenvalue weighted by Crippen LogP contribution is -2.10. The number of aromatic nitrogens is 1. The van der Waals surface area contributed by atoms with Gasteiger partial charge in [0.2, 0.25) is 0 Å². The molecule has 0 atom stereocenters. The first-order chi connectivity index (χ1) is 8.40. The molecule has 0 aliphatic heterocycles. The summed E-state index contributed by atoms with van der Waals surface area (Å²) in [7, 11) is 0. The molecule has 2 aromatic rings. The number of anilines is 1. The fourth-order valence-corrected chi connectivity index (χ4v) is 1.73. The largest absolute Gasteiger partial charge is 0.369 e. The number of hydrogen-bond donors (Lipinski definition) is 2. The van der Waals surface area contributed by atoms with Crippen molar-refractivity contribution < 1.29 is 0 Å². The SMILES string of the molecule is NCc1cccnc1NCCc1ccccc1. The van der Waals surface area contributed by atoms with Gasteiger partial charge in [0.15, 0.2) is 0 Å². The quantitative estimate of drug-likeness (QED) is 0.823. The van der Waals surface area contributed by atoms with Gasteiger partial charge in [-0.3, -0.25) is 0 Å². The Kier molecular flexibility index (Phi) is 4.11. The third-order valence-electron chi connectivity index (χ3n) is 2.66. The van der Waals surface area contributed by atoms with Gasteiger partial charge < -0.3 is 11.1 Å². The lowest BCUT2D eigenvalue weighted by molar-refractivity contribution is 0.980. The summed E-state index contributed by atoms with van der Waals surface area (Å²) in [6, 6.07) is 14.3. The fourth-order valence-electron chi connectivity index (χ4n) is 1.73. The van der Waals surface area contributed by atoms with E-state index in [1.165, 1.54) is 5.56 Å². The second-order valence-corrected chi connectivity index (χ2v) is 3.88. The maximum Gasteiger partial charge on any atom is 0.130 e. The molecule has 3 heteroatoms. The molecular formula is C14H17N3. The maximum atomic E-state index is 5.65. The van der Waals surface area contributed by atoms with Gasteiger partial charge in [0.25, 0.3) is 0 Å². The van der Waals surface area contributed by atoms with Gasteiger partial charge in [-0.1, -0.05) is 36.4 Å². The smallest absolute Gasteiger partial charge is 0.130 e. The van der Waals surface area contributed by atoms with Crippen LogP contribution in [-0.2, 0) is 13.0 Å². The molecule has 0 radical (unpaired) electrons. The lowest BCUT2D eigenvalue weighted by atomic mass is 10.1. The Morgan fingerprint density at radius 2 is 1.88 bits per heavy atom. The second kappa shape index (κ2) is 6.01. The van der Waals surface area contributed by atoms with E-state index in [1.807, 2.05) is 18.2 Å². The van der Waals surface area contributed by atoms with Crippen LogP contribution in [-0.4, -0.2) is 11.5 Å². The van der Waals surface area contributed by atoms with E-state index in [0.29, 0.717) is 6.54 Å². The molecular weight excluding hydrogens is 210 g/mol. The summed E-state index contributed by atoms with van der Waals surface area (Å²) in [6.45, 7) is 1.38. The zero-order valence-electron chi connectivity index (χ0n) is 9.76. The first kappa shape index (κ1) is 11.6. The van der Waals surface area contributed by atoms with E-state index in [2.05, 4.69) is 34.6 Å². The number of benzene rings is 1. The van der Waals surface area contributed by atoms with Gasteiger partial charge in [-0.2, -0.15) is 0 Å². The van der Waals surface area contributed by atoms with Crippen molar-refractivity contribution in [2.45, 2.75) is 13.0 Å². The van der Waals surface area contributed by atoms with Gasteiger partial charge in [-0.15, -0.1) is 0 Å². The monoisotopic (exact) mass is 227 g/mol. The summed E-state index contributed by atoms with van der Waals surface area (Å²) >= 11 is 0. The number of pyridine rings is 1. The standard InChI is InChI=1S/C14H17N3/c15-11-13-7-4-9-16-14(13)17-10-8-12-5-2-1-3-6-12/h1-7,9H,8,10-11,15H2,(H,16,17). The molecule has 0 saturated heterocycles. The van der Waals surface area contributed by atoms with Gasteiger partial charge in [0.05, 0.1) is 0 Å². The van der Waals surface area contributed by atoms with Gasteiger partial charge in [0, 0.05) is 24.8 Å². The van der Waals surface area contributed by atoms with Crippen LogP contribution in [0.2, 0.25) is 0 Å². The Morgan fingerprint density at radius 3 is 2.65 bits per heavy atom. The third-order valence-corrected chi connectivity index (χ3v) is 2.66. The van der Waals surface area contributed by atoms with Crippen LogP contribution in [0.3, 0.4) is 0 Å². The Morgan fingerprint density at radius 1 is 1.06 bits per heavy atom. The molecule has 88 valence electrons. The second-order valence-electron chi connectivity index (χ2n) is 3.88. The minimum absolute atomic E-state index is 0.515. The predicted molar refractivity (Wildman–Crippen MR) is 70.8 cm³/mol. The van der Waals surface area contributed by atoms with E-state index in [9.17, 15) is 0 Å². The van der Waals surface area contributed by atoms with Crippen molar-refractivity contribution >= 4 is 5.82 Å². The first-order valence-electron chi connectivity index (χ1n) is 5.82. The van der Waals surface area contributed by atoms with Crippen molar-refractivity contribution in [1.82, 2.24) is 4.98 Å². The molecule has 1 aromatic heterocycles. The fraction of sp³-hybridized carbons (Fsp3) is 0.214. The molecule has 17 heavy (non-hydrogen) atoms. The zero-order chi connectivity index (χ0) is 11.9. The molecule has 2 rings (SSSR count). The molecule has 1 heterocycles. The van der Waals surface area contributed by atoms with Gasteiger partial charge in [-0.25, -0.2) is 4.98 Å². The molecule has 0 aliphatic rings. The topological polar surface area (TPSA) is 50.9 Å². The number of nitrogens with one attached hydrogen (secondary N) is 1. The number of hydrogen-bond acceptors (Lipinski definition) is 3. The number of nitrogens with zero attached hydrogens (tertiary/aromatic N) is 1. The Bertz CT molecular complexity index is 454. The molecule has 0 saturated carbocycles. The van der Waals surface area contributed by atoms with Crippen molar-refractivity contribution in [3.05, 3.63) is 59.8 Å². The van der Waals surface area contributed by atoms with Crippen LogP contribution in [0.25, 0.3) is 0 Å². The summed E-state index contributed by atoms with van der Waals surface area (Å²) in [6.07, 6.45) is 2.77. The average Bonchev–Trinajstić information content (AvgIpc) is 2.40. The summed E-state index contributed by atoms with van der Waals surface area (Å²) in [5.41, 5.74) is 8.03.